The average molecular weight is 303 g/mol. The maximum absolute atomic E-state index is 9.92. The summed E-state index contributed by atoms with van der Waals surface area (Å²) in [6, 6.07) is 5.94. The minimum absolute atomic E-state index is 0.448. The molecule has 0 amide bonds. The topological polar surface area (TPSA) is 20.2 Å². The van der Waals surface area contributed by atoms with Gasteiger partial charge in [0.1, 0.15) is 5.75 Å². The lowest BCUT2D eigenvalue weighted by Crippen LogP contribution is -1.90. The maximum atomic E-state index is 9.92. The summed E-state index contributed by atoms with van der Waals surface area (Å²) in [6.45, 7) is 6.04. The molecule has 0 bridgehead atoms. The monoisotopic (exact) mass is 302 g/mol. The highest BCUT2D eigenvalue weighted by atomic mass is 16.3. The Hall–Kier alpha value is -1.24. The number of phenols is 1. The van der Waals surface area contributed by atoms with Crippen molar-refractivity contribution in [1.82, 2.24) is 0 Å². The number of phenolic OH excluding ortho intramolecular Hbond substituents is 1. The molecule has 0 saturated carbocycles. The summed E-state index contributed by atoms with van der Waals surface area (Å²) in [7, 11) is 0. The fourth-order valence-electron chi connectivity index (χ4n) is 2.94. The first kappa shape index (κ1) is 18.8. The van der Waals surface area contributed by atoms with Gasteiger partial charge in [-0.05, 0) is 36.5 Å². The van der Waals surface area contributed by atoms with Gasteiger partial charge in [-0.1, -0.05) is 82.9 Å². The molecule has 0 spiro atoms. The summed E-state index contributed by atoms with van der Waals surface area (Å²) in [5.74, 6) is 0.448. The van der Waals surface area contributed by atoms with Gasteiger partial charge in [-0.25, -0.2) is 0 Å². The summed E-state index contributed by atoms with van der Waals surface area (Å²) in [6.07, 6.45) is 17.3. The Balaban J connectivity index is 2.09. The number of aryl methyl sites for hydroxylation is 1. The number of rotatable bonds is 13. The first-order valence-corrected chi connectivity index (χ1v) is 9.19. The van der Waals surface area contributed by atoms with Crippen LogP contribution in [0.25, 0.3) is 0 Å². The average Bonchev–Trinajstić information content (AvgIpc) is 2.52. The molecule has 1 heteroatoms. The van der Waals surface area contributed by atoms with Gasteiger partial charge in [-0.2, -0.15) is 0 Å². The van der Waals surface area contributed by atoms with Gasteiger partial charge < -0.3 is 5.11 Å². The van der Waals surface area contributed by atoms with Crippen LogP contribution in [0.15, 0.2) is 30.9 Å². The number of hydrogen-bond donors (Lipinski definition) is 1. The van der Waals surface area contributed by atoms with Gasteiger partial charge >= 0.3 is 0 Å². The second-order valence-corrected chi connectivity index (χ2v) is 6.39. The second kappa shape index (κ2) is 12.3. The Labute approximate surface area is 137 Å². The molecule has 0 saturated heterocycles. The minimum atomic E-state index is 0.448. The third-order valence-corrected chi connectivity index (χ3v) is 4.32. The predicted molar refractivity (Wildman–Crippen MR) is 97.6 cm³/mol. The van der Waals surface area contributed by atoms with Gasteiger partial charge in [0.25, 0.3) is 0 Å². The lowest BCUT2D eigenvalue weighted by atomic mass is 10.0. The molecule has 124 valence electrons. The number of unbranched alkanes of at least 4 members (excludes halogenated alkanes) is 9. The fourth-order valence-corrected chi connectivity index (χ4v) is 2.94. The highest BCUT2D eigenvalue weighted by Crippen LogP contribution is 2.22. The van der Waals surface area contributed by atoms with Crippen molar-refractivity contribution in [1.29, 1.82) is 0 Å². The van der Waals surface area contributed by atoms with E-state index in [-0.39, 0.29) is 0 Å². The zero-order valence-corrected chi connectivity index (χ0v) is 14.4. The molecule has 0 aliphatic carbocycles. The highest BCUT2D eigenvalue weighted by Gasteiger charge is 2.02. The molecule has 0 fully saturated rings. The molecule has 0 aliphatic heterocycles. The molecule has 1 aromatic rings. The lowest BCUT2D eigenvalue weighted by Gasteiger charge is -2.07. The normalized spacial score (nSPS) is 10.8. The van der Waals surface area contributed by atoms with Crippen molar-refractivity contribution < 1.29 is 5.11 Å². The number of aromatic hydroxyl groups is 1. The van der Waals surface area contributed by atoms with Crippen molar-refractivity contribution >= 4 is 0 Å². The summed E-state index contributed by atoms with van der Waals surface area (Å²) < 4.78 is 0. The molecular formula is C21H34O. The number of hydrogen-bond acceptors (Lipinski definition) is 1. The third kappa shape index (κ3) is 8.26. The van der Waals surface area contributed by atoms with Gasteiger partial charge in [0, 0.05) is 0 Å². The van der Waals surface area contributed by atoms with E-state index in [1.165, 1.54) is 69.8 Å². The molecular weight excluding hydrogens is 268 g/mol. The molecule has 22 heavy (non-hydrogen) atoms. The van der Waals surface area contributed by atoms with E-state index in [2.05, 4.69) is 19.6 Å². The Morgan fingerprint density at radius 3 is 2.09 bits per heavy atom. The number of benzene rings is 1. The third-order valence-electron chi connectivity index (χ3n) is 4.32. The van der Waals surface area contributed by atoms with E-state index in [0.717, 1.165) is 18.4 Å². The quantitative estimate of drug-likeness (QED) is 0.322. The van der Waals surface area contributed by atoms with Crippen LogP contribution < -0.4 is 0 Å². The molecule has 0 unspecified atom stereocenters. The Morgan fingerprint density at radius 1 is 0.909 bits per heavy atom. The zero-order chi connectivity index (χ0) is 16.0. The van der Waals surface area contributed by atoms with Gasteiger partial charge in [0.05, 0.1) is 0 Å². The van der Waals surface area contributed by atoms with Gasteiger partial charge in [0.15, 0.2) is 0 Å². The van der Waals surface area contributed by atoms with Crippen molar-refractivity contribution in [3.63, 3.8) is 0 Å². The van der Waals surface area contributed by atoms with Crippen LogP contribution >= 0.6 is 0 Å². The summed E-state index contributed by atoms with van der Waals surface area (Å²) in [5.41, 5.74) is 2.34. The second-order valence-electron chi connectivity index (χ2n) is 6.39. The van der Waals surface area contributed by atoms with Crippen LogP contribution in [0.5, 0.6) is 5.75 Å². The van der Waals surface area contributed by atoms with Gasteiger partial charge in [0.2, 0.25) is 0 Å². The van der Waals surface area contributed by atoms with Crippen LogP contribution in [0, 0.1) is 0 Å². The molecule has 0 atom stereocenters. The first-order chi connectivity index (χ1) is 10.8. The Kier molecular flexibility index (Phi) is 10.5. The first-order valence-electron chi connectivity index (χ1n) is 9.19. The van der Waals surface area contributed by atoms with E-state index in [9.17, 15) is 5.11 Å². The van der Waals surface area contributed by atoms with Crippen LogP contribution in [0.1, 0.15) is 82.3 Å². The Bertz CT molecular complexity index is 408. The molecule has 0 radical (unpaired) electrons. The Morgan fingerprint density at radius 2 is 1.50 bits per heavy atom. The SMILES string of the molecule is C=CCc1ccc(O)c(CCCCCCCCCCCC)c1. The molecule has 1 aromatic carbocycles. The van der Waals surface area contributed by atoms with Crippen LogP contribution in [0.2, 0.25) is 0 Å². The summed E-state index contributed by atoms with van der Waals surface area (Å²) in [5, 5.41) is 9.92. The van der Waals surface area contributed by atoms with Crippen molar-refractivity contribution in [2.75, 3.05) is 0 Å². The smallest absolute Gasteiger partial charge is 0.118 e. The van der Waals surface area contributed by atoms with E-state index in [0.29, 0.717) is 5.75 Å². The molecule has 1 nitrogen and oxygen atoms in total. The standard InChI is InChI=1S/C21H34O/c1-3-5-6-7-8-9-10-11-12-13-15-20-18-19(14-4-2)16-17-21(20)22/h4,16-18,22H,2-3,5-15H2,1H3. The molecule has 0 heterocycles. The minimum Gasteiger partial charge on any atom is -0.508 e. The van der Waals surface area contributed by atoms with Crippen molar-refractivity contribution in [2.24, 2.45) is 0 Å². The van der Waals surface area contributed by atoms with Crippen LogP contribution in [0.3, 0.4) is 0 Å². The van der Waals surface area contributed by atoms with Crippen molar-refractivity contribution in [3.8, 4) is 5.75 Å². The van der Waals surface area contributed by atoms with Crippen LogP contribution in [-0.2, 0) is 12.8 Å². The van der Waals surface area contributed by atoms with E-state index >= 15 is 0 Å². The van der Waals surface area contributed by atoms with Crippen molar-refractivity contribution in [2.45, 2.75) is 84.0 Å². The van der Waals surface area contributed by atoms with Crippen LogP contribution in [0.4, 0.5) is 0 Å². The van der Waals surface area contributed by atoms with E-state index in [1.807, 2.05) is 18.2 Å². The fraction of sp³-hybridized carbons (Fsp3) is 0.619. The van der Waals surface area contributed by atoms with Crippen molar-refractivity contribution in [3.05, 3.63) is 42.0 Å². The van der Waals surface area contributed by atoms with Crippen LogP contribution in [-0.4, -0.2) is 5.11 Å². The van der Waals surface area contributed by atoms with Gasteiger partial charge in [-0.3, -0.25) is 0 Å². The molecule has 1 rings (SSSR count). The van der Waals surface area contributed by atoms with Gasteiger partial charge in [-0.15, -0.1) is 6.58 Å². The van der Waals surface area contributed by atoms with E-state index in [1.54, 1.807) is 0 Å². The lowest BCUT2D eigenvalue weighted by molar-refractivity contribution is 0.465. The number of allylic oxidation sites excluding steroid dienone is 1. The van der Waals surface area contributed by atoms with E-state index < -0.39 is 0 Å². The summed E-state index contributed by atoms with van der Waals surface area (Å²) >= 11 is 0. The largest absolute Gasteiger partial charge is 0.508 e. The predicted octanol–water partition coefficient (Wildman–Crippen LogP) is 6.58. The summed E-state index contributed by atoms with van der Waals surface area (Å²) in [4.78, 5) is 0. The zero-order valence-electron chi connectivity index (χ0n) is 14.4. The van der Waals surface area contributed by atoms with E-state index in [4.69, 9.17) is 0 Å². The highest BCUT2D eigenvalue weighted by molar-refractivity contribution is 5.36. The molecule has 1 N–H and O–H groups in total. The molecule has 0 aromatic heterocycles. The maximum Gasteiger partial charge on any atom is 0.118 e. The molecule has 0 aliphatic rings.